The summed E-state index contributed by atoms with van der Waals surface area (Å²) in [6, 6.07) is 2.16. The number of thiophene rings is 1. The van der Waals surface area contributed by atoms with Crippen molar-refractivity contribution in [2.75, 3.05) is 7.11 Å². The second-order valence-corrected chi connectivity index (χ2v) is 9.93. The van der Waals surface area contributed by atoms with Gasteiger partial charge in [-0.3, -0.25) is 4.79 Å². The van der Waals surface area contributed by atoms with Gasteiger partial charge < -0.3 is 18.3 Å². The zero-order valence-electron chi connectivity index (χ0n) is 20.8. The van der Waals surface area contributed by atoms with Gasteiger partial charge in [0.15, 0.2) is 0 Å². The van der Waals surface area contributed by atoms with Gasteiger partial charge >= 0.3 is 5.97 Å². The molecular formula is C23H37O5P3S. The minimum atomic E-state index is -0.326. The molecule has 32 heavy (non-hydrogen) atoms. The summed E-state index contributed by atoms with van der Waals surface area (Å²) in [5.41, 5.74) is 1.34. The Morgan fingerprint density at radius 3 is 2.91 bits per heavy atom. The number of esters is 1. The normalized spacial score (nSPS) is 26.1. The highest BCUT2D eigenvalue weighted by Gasteiger charge is 2.42. The van der Waals surface area contributed by atoms with Gasteiger partial charge in [0, 0.05) is 51.9 Å². The molecule has 0 amide bonds. The van der Waals surface area contributed by atoms with Crippen LogP contribution >= 0.6 is 39.6 Å². The molecule has 1 aliphatic rings. The molecule has 8 atom stereocenters. The Hall–Kier alpha value is -0.180. The predicted molar refractivity (Wildman–Crippen MR) is 141 cm³/mol. The van der Waals surface area contributed by atoms with E-state index in [0.717, 1.165) is 38.5 Å². The molecule has 1 fully saturated rings. The van der Waals surface area contributed by atoms with Crippen LogP contribution in [0.2, 0.25) is 0 Å². The molecule has 1 aliphatic carbocycles. The molecule has 1 aromatic rings. The molecule has 1 saturated carbocycles. The van der Waals surface area contributed by atoms with Gasteiger partial charge in [-0.1, -0.05) is 24.3 Å². The lowest BCUT2D eigenvalue weighted by Gasteiger charge is -2.22. The lowest BCUT2D eigenvalue weighted by molar-refractivity contribution is -0.140. The molecule has 0 aromatic carbocycles. The van der Waals surface area contributed by atoms with E-state index in [0.29, 0.717) is 6.42 Å². The molecule has 0 saturated heterocycles. The Kier molecular flexibility index (Phi) is 12.2. The number of methoxy groups -OCH3 is 1. The van der Waals surface area contributed by atoms with Crippen LogP contribution < -0.4 is 0 Å². The smallest absolute Gasteiger partial charge is 0.305 e. The third-order valence-corrected chi connectivity index (χ3v) is 7.95. The van der Waals surface area contributed by atoms with E-state index in [1.807, 2.05) is 0 Å². The Balaban J connectivity index is 2.03. The largest absolute Gasteiger partial charge is 0.469 e. The number of hydrogen-bond donors (Lipinski definition) is 0. The van der Waals surface area contributed by atoms with E-state index in [1.54, 1.807) is 11.3 Å². The van der Waals surface area contributed by atoms with E-state index in [9.17, 15) is 4.79 Å². The van der Waals surface area contributed by atoms with Gasteiger partial charge in [0.1, 0.15) is 0 Å². The van der Waals surface area contributed by atoms with Crippen molar-refractivity contribution in [3.05, 3.63) is 46.2 Å². The zero-order chi connectivity index (χ0) is 24.8. The van der Waals surface area contributed by atoms with Crippen LogP contribution in [-0.4, -0.2) is 33.9 Å². The van der Waals surface area contributed by atoms with Crippen LogP contribution in [0.4, 0.5) is 0 Å². The molecule has 0 N–H and O–H groups in total. The average molecular weight is 523 g/mol. The first-order chi connectivity index (χ1) is 16.5. The van der Waals surface area contributed by atoms with Gasteiger partial charge in [-0.05, 0) is 62.0 Å². The van der Waals surface area contributed by atoms with Crippen LogP contribution in [0.5, 0.6) is 0 Å². The number of carbonyl (C=O) groups excluding carboxylic acids is 1. The predicted octanol–water partition coefficient (Wildman–Crippen LogP) is 6.00. The molecule has 0 spiro atoms. The van der Waals surface area contributed by atoms with Crippen LogP contribution in [0.3, 0.4) is 0 Å². The summed E-state index contributed by atoms with van der Waals surface area (Å²) < 4.78 is 37.1. The number of unbranched alkanes of at least 4 members (excludes halogenated alkanes) is 1. The van der Waals surface area contributed by atoms with Gasteiger partial charge in [-0.25, -0.2) is 0 Å². The van der Waals surface area contributed by atoms with Crippen LogP contribution in [0.25, 0.3) is 0 Å². The highest BCUT2D eigenvalue weighted by atomic mass is 32.1. The highest BCUT2D eigenvalue weighted by molar-refractivity contribution is 7.10. The van der Waals surface area contributed by atoms with Crippen LogP contribution in [-0.2, 0) is 29.5 Å². The van der Waals surface area contributed by atoms with E-state index in [2.05, 4.69) is 56.9 Å². The maximum absolute atomic E-state index is 11.3. The summed E-state index contributed by atoms with van der Waals surface area (Å²) in [6.07, 6.45) is 13.7. The SMILES string of the molecule is [3H]PO[C@H](/C=C/[C@@H]1[C@@H](C/C=C\CCCC(=O)OC)[C@@H](OP)C[C@H]1OP[3H])CCc1ccsc1C. The van der Waals surface area contributed by atoms with Crippen LogP contribution in [0.15, 0.2) is 35.8 Å². The summed E-state index contributed by atoms with van der Waals surface area (Å²) in [7, 11) is 3.15. The fourth-order valence-electron chi connectivity index (χ4n) is 4.20. The number of carbonyl (C=O) groups is 1. The molecule has 9 heteroatoms. The van der Waals surface area contributed by atoms with E-state index in [1.165, 1.54) is 17.6 Å². The summed E-state index contributed by atoms with van der Waals surface area (Å²) in [5.74, 6) is 0.137. The second kappa shape index (κ2) is 15.7. The van der Waals surface area contributed by atoms with Crippen molar-refractivity contribution >= 4 is 45.6 Å². The summed E-state index contributed by atoms with van der Waals surface area (Å²) >= 11 is 1.75. The Labute approximate surface area is 206 Å². The first-order valence-corrected chi connectivity index (χ1v) is 13.1. The van der Waals surface area contributed by atoms with Crippen LogP contribution in [0.1, 0.15) is 49.0 Å². The van der Waals surface area contributed by atoms with Gasteiger partial charge in [0.25, 0.3) is 0 Å². The maximum Gasteiger partial charge on any atom is 0.305 e. The standard InChI is InChI=1S/C23H37O5P3S/c1-16-17(13-14-32-16)9-10-18(26-29)11-12-20-19(21(27-30)15-22(20)28-31)7-5-3-4-6-8-23(24)25-2/h3,5,11-14,18-22H,4,6-10,15,29-31H2,1-2H3/b5-3-,12-11+/t18-,19+,20+,21-,22+/m0/s1/i29T,31T/t18-,19+,20+,21-,22+,29?,31?. The second-order valence-electron chi connectivity index (χ2n) is 8.07. The van der Waals surface area contributed by atoms with Gasteiger partial charge in [-0.2, -0.15) is 0 Å². The summed E-state index contributed by atoms with van der Waals surface area (Å²) in [4.78, 5) is 12.6. The minimum absolute atomic E-state index is 0.0200. The molecule has 2 rings (SSSR count). The van der Waals surface area contributed by atoms with Crippen molar-refractivity contribution in [3.63, 3.8) is 0 Å². The Morgan fingerprint density at radius 2 is 2.22 bits per heavy atom. The van der Waals surface area contributed by atoms with Crippen molar-refractivity contribution in [1.82, 2.24) is 0 Å². The zero-order valence-corrected chi connectivity index (χ0v) is 22.8. The maximum atomic E-state index is 11.3. The molecule has 0 bridgehead atoms. The lowest BCUT2D eigenvalue weighted by Crippen LogP contribution is -2.21. The molecule has 0 radical (unpaired) electrons. The van der Waals surface area contributed by atoms with Crippen molar-refractivity contribution in [2.45, 2.75) is 70.2 Å². The first kappa shape index (κ1) is 24.9. The molecule has 1 heterocycles. The van der Waals surface area contributed by atoms with E-state index in [4.69, 9.17) is 16.1 Å². The molecular weight excluding hydrogens is 481 g/mol. The topological polar surface area (TPSA) is 54.0 Å². The number of allylic oxidation sites excluding steroid dienone is 2. The monoisotopic (exact) mass is 522 g/mol. The third-order valence-electron chi connectivity index (χ3n) is 6.11. The molecule has 3 unspecified atom stereocenters. The third kappa shape index (κ3) is 8.88. The van der Waals surface area contributed by atoms with E-state index >= 15 is 0 Å². The molecule has 180 valence electrons. The molecule has 5 nitrogen and oxygen atoms in total. The van der Waals surface area contributed by atoms with Crippen molar-refractivity contribution in [1.29, 1.82) is 2.56 Å². The quantitative estimate of drug-likeness (QED) is 0.115. The minimum Gasteiger partial charge on any atom is -0.469 e. The summed E-state index contributed by atoms with van der Waals surface area (Å²) in [5, 5.41) is 2.11. The average Bonchev–Trinajstić information content (AvgIpc) is 3.40. The fraction of sp³-hybridized carbons (Fsp3) is 0.609. The van der Waals surface area contributed by atoms with Crippen molar-refractivity contribution in [3.8, 4) is 0 Å². The van der Waals surface area contributed by atoms with Gasteiger partial charge in [0.2, 0.25) is 0 Å². The highest BCUT2D eigenvalue weighted by Crippen LogP contribution is 2.41. The lowest BCUT2D eigenvalue weighted by atomic mass is 9.89. The number of rotatable bonds is 16. The number of hydrogen-bond acceptors (Lipinski definition) is 6. The van der Waals surface area contributed by atoms with Gasteiger partial charge in [-0.15, -0.1) is 11.3 Å². The van der Waals surface area contributed by atoms with E-state index < -0.39 is 0 Å². The van der Waals surface area contributed by atoms with Crippen molar-refractivity contribution < 1.29 is 23.1 Å². The molecule has 1 aromatic heterocycles. The Morgan fingerprint density at radius 1 is 1.34 bits per heavy atom. The van der Waals surface area contributed by atoms with Crippen LogP contribution in [0, 0.1) is 18.8 Å². The van der Waals surface area contributed by atoms with E-state index in [-0.39, 0.29) is 54.9 Å². The fourth-order valence-corrected chi connectivity index (χ4v) is 5.72. The molecule has 0 aliphatic heterocycles. The number of ether oxygens (including phenoxy) is 1. The number of aryl methyl sites for hydroxylation is 2. The van der Waals surface area contributed by atoms with Crippen molar-refractivity contribution in [2.24, 2.45) is 11.8 Å². The van der Waals surface area contributed by atoms with Gasteiger partial charge in [0.05, 0.1) is 28.0 Å². The Bertz CT molecular complexity index is 780. The summed E-state index contributed by atoms with van der Waals surface area (Å²) in [6.45, 7) is 2.14. The first-order valence-electron chi connectivity index (χ1n) is 12.0.